The zero-order chi connectivity index (χ0) is 11.1. The van der Waals surface area contributed by atoms with E-state index >= 15 is 0 Å². The van der Waals surface area contributed by atoms with Gasteiger partial charge < -0.3 is 0 Å². The van der Waals surface area contributed by atoms with Crippen LogP contribution in [0.15, 0.2) is 0 Å². The molecule has 0 amide bonds. The number of rotatable bonds is 6. The molecule has 0 aromatic heterocycles. The van der Waals surface area contributed by atoms with Gasteiger partial charge in [-0.3, -0.25) is 0 Å². The molecule has 0 saturated heterocycles. The smallest absolute Gasteiger partial charge is 0.0323 e. The maximum Gasteiger partial charge on any atom is -0.0323 e. The van der Waals surface area contributed by atoms with E-state index in [-0.39, 0.29) is 0 Å². The lowest BCUT2D eigenvalue weighted by atomic mass is 10.0. The summed E-state index contributed by atoms with van der Waals surface area (Å²) in [5, 5.41) is 0. The van der Waals surface area contributed by atoms with Crippen LogP contribution in [0.25, 0.3) is 0 Å². The molecule has 88 valence electrons. The Bertz CT molecular complexity index is 200. The van der Waals surface area contributed by atoms with Gasteiger partial charge in [0.1, 0.15) is 0 Å². The van der Waals surface area contributed by atoms with Crippen LogP contribution in [0.5, 0.6) is 0 Å². The normalized spacial score (nSPS) is 35.2. The zero-order valence-electron chi connectivity index (χ0n) is 11.1. The summed E-state index contributed by atoms with van der Waals surface area (Å²) in [4.78, 5) is 0. The average molecular weight is 208 g/mol. The molecule has 2 fully saturated rings. The van der Waals surface area contributed by atoms with Crippen molar-refractivity contribution in [2.24, 2.45) is 22.7 Å². The van der Waals surface area contributed by atoms with Gasteiger partial charge in [0.05, 0.1) is 0 Å². The molecule has 0 heteroatoms. The van der Waals surface area contributed by atoms with Gasteiger partial charge in [-0.25, -0.2) is 0 Å². The van der Waals surface area contributed by atoms with Gasteiger partial charge in [0.2, 0.25) is 0 Å². The molecule has 2 saturated carbocycles. The SMILES string of the molecule is CC1(C)CC1CCCCCC1CC1(C)C. The van der Waals surface area contributed by atoms with Crippen LogP contribution in [0.1, 0.15) is 72.6 Å². The molecule has 0 bridgehead atoms. The van der Waals surface area contributed by atoms with Crippen molar-refractivity contribution >= 4 is 0 Å². The van der Waals surface area contributed by atoms with Crippen LogP contribution in [0.2, 0.25) is 0 Å². The van der Waals surface area contributed by atoms with E-state index in [1.165, 1.54) is 44.9 Å². The predicted octanol–water partition coefficient (Wildman–Crippen LogP) is 5.03. The highest BCUT2D eigenvalue weighted by molar-refractivity contribution is 4.95. The van der Waals surface area contributed by atoms with Gasteiger partial charge in [-0.05, 0) is 48.3 Å². The van der Waals surface area contributed by atoms with Gasteiger partial charge in [-0.1, -0.05) is 47.0 Å². The van der Waals surface area contributed by atoms with Crippen LogP contribution in [0.3, 0.4) is 0 Å². The Balaban J connectivity index is 1.44. The van der Waals surface area contributed by atoms with E-state index in [1.54, 1.807) is 0 Å². The first kappa shape index (κ1) is 11.5. The van der Waals surface area contributed by atoms with Crippen molar-refractivity contribution in [2.75, 3.05) is 0 Å². The van der Waals surface area contributed by atoms with Gasteiger partial charge in [0.15, 0.2) is 0 Å². The molecular weight excluding hydrogens is 180 g/mol. The molecule has 0 spiro atoms. The summed E-state index contributed by atoms with van der Waals surface area (Å²) in [5.41, 5.74) is 1.41. The molecule has 0 aromatic carbocycles. The topological polar surface area (TPSA) is 0 Å². The van der Waals surface area contributed by atoms with E-state index in [0.29, 0.717) is 10.8 Å². The summed E-state index contributed by atoms with van der Waals surface area (Å²) in [5.74, 6) is 2.13. The highest BCUT2D eigenvalue weighted by Gasteiger charge is 2.45. The van der Waals surface area contributed by atoms with E-state index in [0.717, 1.165) is 11.8 Å². The Morgan fingerprint density at radius 2 is 1.07 bits per heavy atom. The van der Waals surface area contributed by atoms with Crippen LogP contribution in [0, 0.1) is 22.7 Å². The van der Waals surface area contributed by atoms with Crippen molar-refractivity contribution in [3.8, 4) is 0 Å². The predicted molar refractivity (Wildman–Crippen MR) is 66.9 cm³/mol. The van der Waals surface area contributed by atoms with Gasteiger partial charge in [0, 0.05) is 0 Å². The standard InChI is InChI=1S/C15H28/c1-14(2)10-12(14)8-6-5-7-9-13-11-15(13,3)4/h12-13H,5-11H2,1-4H3. The molecule has 2 atom stereocenters. The Labute approximate surface area is 95.8 Å². The lowest BCUT2D eigenvalue weighted by molar-refractivity contribution is 0.474. The third kappa shape index (κ3) is 2.98. The van der Waals surface area contributed by atoms with Crippen molar-refractivity contribution in [3.05, 3.63) is 0 Å². The number of hydrogen-bond acceptors (Lipinski definition) is 0. The number of unbranched alkanes of at least 4 members (excludes halogenated alkanes) is 2. The van der Waals surface area contributed by atoms with E-state index in [2.05, 4.69) is 27.7 Å². The van der Waals surface area contributed by atoms with E-state index in [4.69, 9.17) is 0 Å². The van der Waals surface area contributed by atoms with Gasteiger partial charge in [0.25, 0.3) is 0 Å². The second kappa shape index (κ2) is 3.79. The molecule has 0 N–H and O–H groups in total. The zero-order valence-corrected chi connectivity index (χ0v) is 11.1. The van der Waals surface area contributed by atoms with Crippen LogP contribution in [-0.4, -0.2) is 0 Å². The van der Waals surface area contributed by atoms with Crippen LogP contribution in [0.4, 0.5) is 0 Å². The summed E-state index contributed by atoms with van der Waals surface area (Å²) < 4.78 is 0. The van der Waals surface area contributed by atoms with Crippen LogP contribution in [-0.2, 0) is 0 Å². The minimum absolute atomic E-state index is 0.707. The Hall–Kier alpha value is 0. The van der Waals surface area contributed by atoms with E-state index in [9.17, 15) is 0 Å². The molecule has 0 nitrogen and oxygen atoms in total. The first-order valence-corrected chi connectivity index (χ1v) is 6.92. The van der Waals surface area contributed by atoms with Crippen LogP contribution < -0.4 is 0 Å². The Morgan fingerprint density at radius 1 is 0.733 bits per heavy atom. The van der Waals surface area contributed by atoms with Crippen molar-refractivity contribution in [2.45, 2.75) is 72.6 Å². The fourth-order valence-corrected chi connectivity index (χ4v) is 3.10. The fraction of sp³-hybridized carbons (Fsp3) is 1.00. The monoisotopic (exact) mass is 208 g/mol. The second-order valence-corrected chi connectivity index (χ2v) is 7.42. The molecule has 2 aliphatic rings. The van der Waals surface area contributed by atoms with Gasteiger partial charge in [-0.15, -0.1) is 0 Å². The Morgan fingerprint density at radius 3 is 1.33 bits per heavy atom. The molecule has 0 heterocycles. The second-order valence-electron chi connectivity index (χ2n) is 7.42. The maximum absolute atomic E-state index is 2.42. The summed E-state index contributed by atoms with van der Waals surface area (Å²) in [7, 11) is 0. The lowest BCUT2D eigenvalue weighted by Gasteiger charge is -2.04. The van der Waals surface area contributed by atoms with Crippen molar-refractivity contribution in [1.29, 1.82) is 0 Å². The average Bonchev–Trinajstić information content (AvgIpc) is 2.90. The van der Waals surface area contributed by atoms with E-state index in [1.807, 2.05) is 0 Å². The minimum atomic E-state index is 0.707. The molecule has 2 rings (SSSR count). The molecule has 2 aliphatic carbocycles. The van der Waals surface area contributed by atoms with Crippen molar-refractivity contribution < 1.29 is 0 Å². The first-order valence-electron chi connectivity index (χ1n) is 6.92. The third-order valence-electron chi connectivity index (χ3n) is 5.04. The minimum Gasteiger partial charge on any atom is -0.0596 e. The molecule has 0 aromatic rings. The highest BCUT2D eigenvalue weighted by atomic mass is 14.5. The molecule has 2 unspecified atom stereocenters. The van der Waals surface area contributed by atoms with Gasteiger partial charge >= 0.3 is 0 Å². The molecule has 0 radical (unpaired) electrons. The molecule has 0 aliphatic heterocycles. The first-order chi connectivity index (χ1) is 6.92. The van der Waals surface area contributed by atoms with Crippen molar-refractivity contribution in [1.82, 2.24) is 0 Å². The van der Waals surface area contributed by atoms with Crippen molar-refractivity contribution in [3.63, 3.8) is 0 Å². The summed E-state index contributed by atoms with van der Waals surface area (Å²) in [6, 6.07) is 0. The third-order valence-corrected chi connectivity index (χ3v) is 5.04. The molecule has 15 heavy (non-hydrogen) atoms. The van der Waals surface area contributed by atoms with Crippen LogP contribution >= 0.6 is 0 Å². The largest absolute Gasteiger partial charge is 0.0596 e. The highest BCUT2D eigenvalue weighted by Crippen LogP contribution is 2.55. The van der Waals surface area contributed by atoms with Gasteiger partial charge in [-0.2, -0.15) is 0 Å². The quantitative estimate of drug-likeness (QED) is 0.537. The fourth-order valence-electron chi connectivity index (χ4n) is 3.10. The molecular formula is C15H28. The number of hydrogen-bond donors (Lipinski definition) is 0. The lowest BCUT2D eigenvalue weighted by Crippen LogP contribution is -1.92. The maximum atomic E-state index is 2.42. The summed E-state index contributed by atoms with van der Waals surface area (Å²) >= 11 is 0. The van der Waals surface area contributed by atoms with E-state index < -0.39 is 0 Å². The summed E-state index contributed by atoms with van der Waals surface area (Å²) in [6.07, 6.45) is 10.4. The Kier molecular flexibility index (Phi) is 2.90. The summed E-state index contributed by atoms with van der Waals surface area (Å²) in [6.45, 7) is 9.68.